The Hall–Kier alpha value is -2.27. The molecule has 0 N–H and O–H groups in total. The third kappa shape index (κ3) is 3.23. The molecule has 0 aliphatic carbocycles. The molecule has 0 aromatic heterocycles. The van der Waals surface area contributed by atoms with Crippen LogP contribution in [0.3, 0.4) is 0 Å². The smallest absolute Gasteiger partial charge is 0.270 e. The Morgan fingerprint density at radius 1 is 1.27 bits per heavy atom. The van der Waals surface area contributed by atoms with Crippen LogP contribution in [0, 0.1) is 6.92 Å². The maximum atomic E-state index is 13.3. The van der Waals surface area contributed by atoms with E-state index in [-0.39, 0.29) is 11.9 Å². The zero-order valence-corrected chi connectivity index (χ0v) is 15.8. The van der Waals surface area contributed by atoms with Gasteiger partial charge in [-0.05, 0) is 42.7 Å². The van der Waals surface area contributed by atoms with E-state index in [1.807, 2.05) is 60.4 Å². The lowest BCUT2D eigenvalue weighted by Gasteiger charge is -2.25. The van der Waals surface area contributed by atoms with Gasteiger partial charge in [-0.2, -0.15) is 0 Å². The fraction of sp³-hybridized carbons (Fsp3) is 0.333. The van der Waals surface area contributed by atoms with Crippen molar-refractivity contribution in [1.82, 2.24) is 4.90 Å². The Balaban J connectivity index is 1.60. The number of carbonyl (C=O) groups excluding carboxylic acids is 1. The largest absolute Gasteiger partial charge is 0.480 e. The summed E-state index contributed by atoms with van der Waals surface area (Å²) in [5.41, 5.74) is 3.15. The van der Waals surface area contributed by atoms with Crippen molar-refractivity contribution in [3.8, 4) is 5.75 Å². The zero-order chi connectivity index (χ0) is 18.1. The number of ether oxygens (including phenoxy) is 1. The summed E-state index contributed by atoms with van der Waals surface area (Å²) in [6.07, 6.45) is 1.08. The quantitative estimate of drug-likeness (QED) is 0.811. The summed E-state index contributed by atoms with van der Waals surface area (Å²) in [6, 6.07) is 16.1. The first-order valence-electron chi connectivity index (χ1n) is 9.01. The Morgan fingerprint density at radius 2 is 2.12 bits per heavy atom. The van der Waals surface area contributed by atoms with Crippen LogP contribution in [-0.4, -0.2) is 33.9 Å². The third-order valence-corrected chi connectivity index (χ3v) is 5.93. The van der Waals surface area contributed by atoms with Crippen molar-refractivity contribution < 1.29 is 9.53 Å². The first-order chi connectivity index (χ1) is 12.7. The normalized spacial score (nSPS) is 23.2. The molecule has 1 fully saturated rings. The van der Waals surface area contributed by atoms with Crippen molar-refractivity contribution in [2.24, 2.45) is 4.99 Å². The van der Waals surface area contributed by atoms with Crippen LogP contribution >= 0.6 is 11.8 Å². The van der Waals surface area contributed by atoms with Gasteiger partial charge in [-0.15, -0.1) is 0 Å². The van der Waals surface area contributed by atoms with Crippen molar-refractivity contribution in [1.29, 1.82) is 0 Å². The minimum Gasteiger partial charge on any atom is -0.480 e. The van der Waals surface area contributed by atoms with Gasteiger partial charge in [0.25, 0.3) is 5.91 Å². The van der Waals surface area contributed by atoms with Gasteiger partial charge in [-0.25, -0.2) is 4.99 Å². The number of hydrogen-bond donors (Lipinski definition) is 0. The van der Waals surface area contributed by atoms with Crippen LogP contribution in [0.25, 0.3) is 0 Å². The molecule has 26 heavy (non-hydrogen) atoms. The number of thioether (sulfide) groups is 1. The Morgan fingerprint density at radius 3 is 2.88 bits per heavy atom. The number of para-hydroxylation sites is 1. The molecule has 1 saturated heterocycles. The van der Waals surface area contributed by atoms with Gasteiger partial charge in [0.2, 0.25) is 0 Å². The maximum Gasteiger partial charge on any atom is 0.270 e. The molecule has 2 aromatic rings. The zero-order valence-electron chi connectivity index (χ0n) is 15.0. The molecule has 2 unspecified atom stereocenters. The highest BCUT2D eigenvalue weighted by Gasteiger charge is 2.40. The summed E-state index contributed by atoms with van der Waals surface area (Å²) >= 11 is 1.65. The van der Waals surface area contributed by atoms with Gasteiger partial charge in [0.1, 0.15) is 5.75 Å². The first kappa shape index (κ1) is 17.2. The number of carbonyl (C=O) groups is 1. The summed E-state index contributed by atoms with van der Waals surface area (Å²) in [6.45, 7) is 4.16. The van der Waals surface area contributed by atoms with Gasteiger partial charge in [0, 0.05) is 18.2 Å². The second-order valence-corrected chi connectivity index (χ2v) is 7.72. The van der Waals surface area contributed by atoms with Gasteiger partial charge in [-0.1, -0.05) is 49.0 Å². The van der Waals surface area contributed by atoms with E-state index < -0.39 is 6.10 Å². The minimum atomic E-state index is -0.456. The molecular formula is C21H22N2O2S. The van der Waals surface area contributed by atoms with Gasteiger partial charge >= 0.3 is 0 Å². The molecule has 5 heteroatoms. The Bertz CT molecular complexity index is 840. The molecule has 2 heterocycles. The molecule has 0 saturated carbocycles. The fourth-order valence-corrected chi connectivity index (χ4v) is 4.69. The van der Waals surface area contributed by atoms with Gasteiger partial charge < -0.3 is 4.74 Å². The minimum absolute atomic E-state index is 0.0180. The number of aliphatic imine (C=N–C) groups is 1. The molecule has 0 spiro atoms. The van der Waals surface area contributed by atoms with E-state index in [1.165, 1.54) is 0 Å². The van der Waals surface area contributed by atoms with Crippen molar-refractivity contribution in [3.63, 3.8) is 0 Å². The highest BCUT2D eigenvalue weighted by Crippen LogP contribution is 2.33. The molecule has 4 nitrogen and oxygen atoms in total. The van der Waals surface area contributed by atoms with Crippen molar-refractivity contribution in [2.75, 3.05) is 5.75 Å². The number of benzene rings is 2. The second-order valence-electron chi connectivity index (χ2n) is 6.73. The monoisotopic (exact) mass is 366 g/mol. The van der Waals surface area contributed by atoms with E-state index in [0.29, 0.717) is 6.42 Å². The lowest BCUT2D eigenvalue weighted by molar-refractivity contribution is -0.135. The third-order valence-electron chi connectivity index (χ3n) is 4.83. The highest BCUT2D eigenvalue weighted by atomic mass is 32.2. The number of amidine groups is 1. The van der Waals surface area contributed by atoms with Crippen LogP contribution in [0.5, 0.6) is 5.75 Å². The summed E-state index contributed by atoms with van der Waals surface area (Å²) < 4.78 is 5.94. The molecule has 134 valence electrons. The summed E-state index contributed by atoms with van der Waals surface area (Å²) in [7, 11) is 0. The van der Waals surface area contributed by atoms with E-state index in [1.54, 1.807) is 11.8 Å². The average Bonchev–Trinajstić information content (AvgIpc) is 3.25. The van der Waals surface area contributed by atoms with Crippen molar-refractivity contribution in [3.05, 3.63) is 59.7 Å². The standard InChI is InChI=1S/C21H22N2O2S/c1-3-17-13-26-21(22-16-9-6-7-14(2)11-16)23(17)20(24)19-12-15-8-4-5-10-18(15)25-19/h4-11,17,19H,3,12-13H2,1-2H3. The molecule has 0 radical (unpaired) electrons. The van der Waals surface area contributed by atoms with Gasteiger partial charge in [0.05, 0.1) is 5.69 Å². The Labute approximate surface area is 158 Å². The number of amides is 1. The molecule has 0 bridgehead atoms. The number of hydrogen-bond acceptors (Lipinski definition) is 4. The van der Waals surface area contributed by atoms with Crippen LogP contribution in [0.4, 0.5) is 5.69 Å². The predicted octanol–water partition coefficient (Wildman–Crippen LogP) is 4.34. The lowest BCUT2D eigenvalue weighted by atomic mass is 10.1. The fourth-order valence-electron chi connectivity index (χ4n) is 3.41. The van der Waals surface area contributed by atoms with E-state index in [2.05, 4.69) is 6.92 Å². The Kier molecular flexibility index (Phi) is 4.72. The first-order valence-corrected chi connectivity index (χ1v) is 10.00. The van der Waals surface area contributed by atoms with Crippen molar-refractivity contribution in [2.45, 2.75) is 38.8 Å². The van der Waals surface area contributed by atoms with Gasteiger partial charge in [0.15, 0.2) is 11.3 Å². The van der Waals surface area contributed by atoms with Crippen LogP contribution in [0.1, 0.15) is 24.5 Å². The number of rotatable bonds is 3. The molecule has 2 aliphatic rings. The van der Waals surface area contributed by atoms with Crippen LogP contribution in [0.15, 0.2) is 53.5 Å². The van der Waals surface area contributed by atoms with E-state index in [4.69, 9.17) is 9.73 Å². The van der Waals surface area contributed by atoms with E-state index >= 15 is 0 Å². The lowest BCUT2D eigenvalue weighted by Crippen LogP contribution is -2.46. The van der Waals surface area contributed by atoms with E-state index in [9.17, 15) is 4.79 Å². The second kappa shape index (κ2) is 7.16. The molecule has 1 amide bonds. The summed E-state index contributed by atoms with van der Waals surface area (Å²) in [5.74, 6) is 1.72. The summed E-state index contributed by atoms with van der Waals surface area (Å²) in [4.78, 5) is 19.9. The van der Waals surface area contributed by atoms with Crippen molar-refractivity contribution >= 4 is 28.5 Å². The summed E-state index contributed by atoms with van der Waals surface area (Å²) in [5, 5.41) is 0.784. The van der Waals surface area contributed by atoms with Crippen LogP contribution in [-0.2, 0) is 11.2 Å². The number of fused-ring (bicyclic) bond motifs is 1. The van der Waals surface area contributed by atoms with E-state index in [0.717, 1.165) is 39.9 Å². The molecule has 2 aliphatic heterocycles. The molecule has 4 rings (SSSR count). The van der Waals surface area contributed by atoms with Crippen LogP contribution < -0.4 is 4.74 Å². The molecular weight excluding hydrogens is 344 g/mol. The number of nitrogens with zero attached hydrogens (tertiary/aromatic N) is 2. The molecule has 2 atom stereocenters. The number of aryl methyl sites for hydroxylation is 1. The topological polar surface area (TPSA) is 41.9 Å². The molecule has 2 aromatic carbocycles. The predicted molar refractivity (Wildman–Crippen MR) is 106 cm³/mol. The van der Waals surface area contributed by atoms with Crippen LogP contribution in [0.2, 0.25) is 0 Å². The maximum absolute atomic E-state index is 13.3. The highest BCUT2D eigenvalue weighted by molar-refractivity contribution is 8.14. The van der Waals surface area contributed by atoms with Gasteiger partial charge in [-0.3, -0.25) is 9.69 Å². The average molecular weight is 366 g/mol. The SMILES string of the molecule is CCC1CSC(=Nc2cccc(C)c2)N1C(=O)C1Cc2ccccc2O1.